The number of hydrogen-bond donors (Lipinski definition) is 1. The van der Waals surface area contributed by atoms with Crippen molar-refractivity contribution in [3.8, 4) is 11.5 Å². The van der Waals surface area contributed by atoms with Gasteiger partial charge in [0.1, 0.15) is 5.76 Å². The second kappa shape index (κ2) is 4.85. The van der Waals surface area contributed by atoms with Crippen molar-refractivity contribution in [2.45, 2.75) is 6.42 Å². The Balaban J connectivity index is 1.86. The molecule has 1 aromatic carbocycles. The minimum absolute atomic E-state index is 0.440. The summed E-state index contributed by atoms with van der Waals surface area (Å²) in [6.45, 7) is 0. The largest absolute Gasteiger partial charge is 0.398 e. The van der Waals surface area contributed by atoms with Crippen LogP contribution in [0, 0.1) is 0 Å². The van der Waals surface area contributed by atoms with Crippen molar-refractivity contribution in [1.82, 2.24) is 15.3 Å². The number of aromatic nitrogens is 3. The first-order valence-corrected chi connectivity index (χ1v) is 6.29. The molecule has 0 radical (unpaired) electrons. The number of nitrogens with two attached hydrogens (primary N) is 1. The third-order valence-electron chi connectivity index (χ3n) is 2.54. The summed E-state index contributed by atoms with van der Waals surface area (Å²) in [5.41, 5.74) is 7.19. The molecule has 0 unspecified atom stereocenters. The molecule has 0 atom stereocenters. The Morgan fingerprint density at radius 1 is 1.21 bits per heavy atom. The van der Waals surface area contributed by atoms with Crippen LogP contribution in [0.4, 0.5) is 5.69 Å². The van der Waals surface area contributed by atoms with Crippen LogP contribution in [-0.2, 0) is 6.42 Å². The van der Waals surface area contributed by atoms with E-state index in [0.717, 1.165) is 10.0 Å². The zero-order chi connectivity index (χ0) is 13.2. The average molecular weight is 321 g/mol. The van der Waals surface area contributed by atoms with Crippen LogP contribution < -0.4 is 5.73 Å². The molecule has 0 aliphatic heterocycles. The highest BCUT2D eigenvalue weighted by atomic mass is 79.9. The van der Waals surface area contributed by atoms with E-state index in [0.29, 0.717) is 29.6 Å². The third kappa shape index (κ3) is 2.50. The highest BCUT2D eigenvalue weighted by Crippen LogP contribution is 2.26. The van der Waals surface area contributed by atoms with Crippen LogP contribution in [0.25, 0.3) is 11.5 Å². The van der Waals surface area contributed by atoms with Gasteiger partial charge in [0.25, 0.3) is 5.89 Å². The Morgan fingerprint density at radius 2 is 2.11 bits per heavy atom. The number of anilines is 1. The Bertz CT molecular complexity index is 694. The first-order valence-electron chi connectivity index (χ1n) is 5.50. The molecule has 2 N–H and O–H groups in total. The van der Waals surface area contributed by atoms with Crippen molar-refractivity contribution >= 4 is 21.6 Å². The summed E-state index contributed by atoms with van der Waals surface area (Å²) in [6.07, 6.45) is 2.02. The number of halogens is 1. The predicted octanol–water partition coefficient (Wildman–Crippen LogP) is 2.66. The van der Waals surface area contributed by atoms with Crippen molar-refractivity contribution in [2.75, 3.05) is 5.73 Å². The molecule has 96 valence electrons. The summed E-state index contributed by atoms with van der Waals surface area (Å²) < 4.78 is 11.0. The zero-order valence-electron chi connectivity index (χ0n) is 9.71. The van der Waals surface area contributed by atoms with Gasteiger partial charge < -0.3 is 14.8 Å². The Hall–Kier alpha value is -2.15. The summed E-state index contributed by atoms with van der Waals surface area (Å²) >= 11 is 3.36. The first-order chi connectivity index (χ1) is 9.22. The molecule has 3 rings (SSSR count). The Kier molecular flexibility index (Phi) is 3.04. The molecule has 0 bridgehead atoms. The smallest absolute Gasteiger partial charge is 0.257 e. The van der Waals surface area contributed by atoms with Crippen LogP contribution in [0.5, 0.6) is 0 Å². The quantitative estimate of drug-likeness (QED) is 0.746. The van der Waals surface area contributed by atoms with Gasteiger partial charge in [-0.25, -0.2) is 0 Å². The lowest BCUT2D eigenvalue weighted by Gasteiger charge is -1.98. The molecule has 0 aliphatic carbocycles. The minimum Gasteiger partial charge on any atom is -0.398 e. The van der Waals surface area contributed by atoms with Crippen LogP contribution >= 0.6 is 15.9 Å². The van der Waals surface area contributed by atoms with E-state index >= 15 is 0 Å². The number of nitrogens with zero attached hydrogens (tertiary/aromatic N) is 3. The fourth-order valence-corrected chi connectivity index (χ4v) is 1.97. The highest BCUT2D eigenvalue weighted by molar-refractivity contribution is 9.10. The minimum atomic E-state index is 0.440. The summed E-state index contributed by atoms with van der Waals surface area (Å²) in [7, 11) is 0. The SMILES string of the molecule is Nc1ccc(-c2nc(Cc3ccno3)no2)cc1Br. The van der Waals surface area contributed by atoms with Gasteiger partial charge in [-0.15, -0.1) is 0 Å². The molecule has 6 nitrogen and oxygen atoms in total. The molecule has 0 fully saturated rings. The topological polar surface area (TPSA) is 91.0 Å². The molecule has 19 heavy (non-hydrogen) atoms. The van der Waals surface area contributed by atoms with E-state index in [2.05, 4.69) is 31.2 Å². The van der Waals surface area contributed by atoms with Gasteiger partial charge in [0, 0.05) is 21.8 Å². The first kappa shape index (κ1) is 11.9. The van der Waals surface area contributed by atoms with Gasteiger partial charge in [-0.2, -0.15) is 4.98 Å². The number of nitrogen functional groups attached to an aromatic ring is 1. The fourth-order valence-electron chi connectivity index (χ4n) is 1.59. The van der Waals surface area contributed by atoms with Gasteiger partial charge >= 0.3 is 0 Å². The molecule has 2 aromatic heterocycles. The van der Waals surface area contributed by atoms with E-state index < -0.39 is 0 Å². The van der Waals surface area contributed by atoms with Gasteiger partial charge in [-0.3, -0.25) is 0 Å². The van der Waals surface area contributed by atoms with Gasteiger partial charge in [0.05, 0.1) is 12.6 Å². The van der Waals surface area contributed by atoms with Crippen molar-refractivity contribution in [3.05, 3.63) is 46.5 Å². The van der Waals surface area contributed by atoms with E-state index in [1.54, 1.807) is 18.3 Å². The Labute approximate surface area is 116 Å². The second-order valence-electron chi connectivity index (χ2n) is 3.91. The molecular weight excluding hydrogens is 312 g/mol. The normalized spacial score (nSPS) is 10.8. The number of benzene rings is 1. The van der Waals surface area contributed by atoms with Gasteiger partial charge in [0.15, 0.2) is 5.82 Å². The molecule has 0 saturated carbocycles. The zero-order valence-corrected chi connectivity index (χ0v) is 11.3. The molecule has 0 spiro atoms. The maximum atomic E-state index is 5.73. The van der Waals surface area contributed by atoms with E-state index in [4.69, 9.17) is 14.8 Å². The summed E-state index contributed by atoms with van der Waals surface area (Å²) in [4.78, 5) is 4.30. The summed E-state index contributed by atoms with van der Waals surface area (Å²) in [6, 6.07) is 7.20. The molecular formula is C12H9BrN4O2. The summed E-state index contributed by atoms with van der Waals surface area (Å²) in [5.74, 6) is 1.67. The predicted molar refractivity (Wildman–Crippen MR) is 71.2 cm³/mol. The third-order valence-corrected chi connectivity index (χ3v) is 3.23. The van der Waals surface area contributed by atoms with Crippen LogP contribution in [0.1, 0.15) is 11.6 Å². The maximum Gasteiger partial charge on any atom is 0.257 e. The molecule has 0 aliphatic rings. The van der Waals surface area contributed by atoms with Crippen LogP contribution in [0.15, 0.2) is 44.0 Å². The van der Waals surface area contributed by atoms with Crippen molar-refractivity contribution in [3.63, 3.8) is 0 Å². The van der Waals surface area contributed by atoms with Crippen molar-refractivity contribution in [2.24, 2.45) is 0 Å². The van der Waals surface area contributed by atoms with E-state index in [-0.39, 0.29) is 0 Å². The van der Waals surface area contributed by atoms with E-state index in [1.165, 1.54) is 0 Å². The average Bonchev–Trinajstić information content (AvgIpc) is 3.05. The van der Waals surface area contributed by atoms with Crippen LogP contribution in [0.3, 0.4) is 0 Å². The lowest BCUT2D eigenvalue weighted by molar-refractivity contribution is 0.382. The lowest BCUT2D eigenvalue weighted by Crippen LogP contribution is -1.89. The maximum absolute atomic E-state index is 5.73. The molecule has 3 aromatic rings. The highest BCUT2D eigenvalue weighted by Gasteiger charge is 2.11. The fraction of sp³-hybridized carbons (Fsp3) is 0.0833. The number of hydrogen-bond acceptors (Lipinski definition) is 6. The van der Waals surface area contributed by atoms with E-state index in [1.807, 2.05) is 12.1 Å². The monoisotopic (exact) mass is 320 g/mol. The molecule has 7 heteroatoms. The van der Waals surface area contributed by atoms with Gasteiger partial charge in [0.2, 0.25) is 0 Å². The molecule has 0 amide bonds. The Morgan fingerprint density at radius 3 is 2.84 bits per heavy atom. The van der Waals surface area contributed by atoms with Crippen LogP contribution in [0.2, 0.25) is 0 Å². The standard InChI is InChI=1S/C12H9BrN4O2/c13-9-5-7(1-2-10(9)14)12-16-11(17-19-12)6-8-3-4-15-18-8/h1-5H,6,14H2. The van der Waals surface area contributed by atoms with Crippen LogP contribution in [-0.4, -0.2) is 15.3 Å². The molecule has 0 saturated heterocycles. The van der Waals surface area contributed by atoms with Crippen molar-refractivity contribution < 1.29 is 9.05 Å². The lowest BCUT2D eigenvalue weighted by atomic mass is 10.2. The van der Waals surface area contributed by atoms with E-state index in [9.17, 15) is 0 Å². The summed E-state index contributed by atoms with van der Waals surface area (Å²) in [5, 5.41) is 7.52. The van der Waals surface area contributed by atoms with Gasteiger partial charge in [-0.05, 0) is 34.1 Å². The number of rotatable bonds is 3. The van der Waals surface area contributed by atoms with Gasteiger partial charge in [-0.1, -0.05) is 10.3 Å². The van der Waals surface area contributed by atoms with Crippen molar-refractivity contribution in [1.29, 1.82) is 0 Å². The molecule has 2 heterocycles. The second-order valence-corrected chi connectivity index (χ2v) is 4.76.